The predicted octanol–water partition coefficient (Wildman–Crippen LogP) is 1.45. The monoisotopic (exact) mass is 357 g/mol. The van der Waals surface area contributed by atoms with Crippen LogP contribution in [0.15, 0.2) is 24.3 Å². The Morgan fingerprint density at radius 1 is 1.19 bits per heavy atom. The van der Waals surface area contributed by atoms with Crippen LogP contribution in [-0.4, -0.2) is 38.3 Å². The molecule has 1 aromatic rings. The third kappa shape index (κ3) is 3.89. The standard InChI is InChI=1S/C14H16BrNO5/c1-2-10(15)11(17)9-5-3-8(4-6-9)7-14(16,12(18)19)13(20)21/h3-6,10H,2,7,16H2,1H3,(H,18,19)(H,20,21). The molecule has 0 aliphatic carbocycles. The number of halogens is 1. The van der Waals surface area contributed by atoms with E-state index < -0.39 is 17.5 Å². The summed E-state index contributed by atoms with van der Waals surface area (Å²) in [5.74, 6) is -3.30. The van der Waals surface area contributed by atoms with Crippen molar-refractivity contribution in [1.29, 1.82) is 0 Å². The molecule has 6 nitrogen and oxygen atoms in total. The number of nitrogens with two attached hydrogens (primary N) is 1. The molecule has 1 atom stereocenters. The first-order valence-electron chi connectivity index (χ1n) is 6.25. The largest absolute Gasteiger partial charge is 0.479 e. The summed E-state index contributed by atoms with van der Waals surface area (Å²) in [6, 6.07) is 6.09. The van der Waals surface area contributed by atoms with Crippen LogP contribution in [0.25, 0.3) is 0 Å². The van der Waals surface area contributed by atoms with Crippen molar-refractivity contribution in [2.24, 2.45) is 5.73 Å². The molecule has 0 aliphatic rings. The van der Waals surface area contributed by atoms with Gasteiger partial charge in [0.25, 0.3) is 0 Å². The van der Waals surface area contributed by atoms with Crippen molar-refractivity contribution in [1.82, 2.24) is 0 Å². The summed E-state index contributed by atoms with van der Waals surface area (Å²) < 4.78 is 0. The van der Waals surface area contributed by atoms with Crippen molar-refractivity contribution in [2.75, 3.05) is 0 Å². The summed E-state index contributed by atoms with van der Waals surface area (Å²) in [6.45, 7) is 1.87. The summed E-state index contributed by atoms with van der Waals surface area (Å²) in [4.78, 5) is 33.7. The highest BCUT2D eigenvalue weighted by atomic mass is 79.9. The fourth-order valence-corrected chi connectivity index (χ4v) is 1.98. The molecule has 21 heavy (non-hydrogen) atoms. The van der Waals surface area contributed by atoms with Crippen LogP contribution in [0.2, 0.25) is 0 Å². The van der Waals surface area contributed by atoms with Gasteiger partial charge in [-0.25, -0.2) is 9.59 Å². The number of carboxylic acids is 2. The quantitative estimate of drug-likeness (QED) is 0.386. The van der Waals surface area contributed by atoms with E-state index in [1.165, 1.54) is 24.3 Å². The fourth-order valence-electron chi connectivity index (χ4n) is 1.72. The number of hydrogen-bond donors (Lipinski definition) is 3. The number of ketones is 1. The number of Topliss-reactive ketones (excluding diaryl/α,β-unsaturated/α-hetero) is 1. The van der Waals surface area contributed by atoms with E-state index in [1.54, 1.807) is 0 Å². The first kappa shape index (κ1) is 17.3. The van der Waals surface area contributed by atoms with Gasteiger partial charge >= 0.3 is 11.9 Å². The zero-order valence-electron chi connectivity index (χ0n) is 11.4. The lowest BCUT2D eigenvalue weighted by atomic mass is 9.91. The summed E-state index contributed by atoms with van der Waals surface area (Å²) in [7, 11) is 0. The molecule has 0 bridgehead atoms. The molecule has 0 heterocycles. The average molecular weight is 358 g/mol. The van der Waals surface area contributed by atoms with E-state index in [9.17, 15) is 14.4 Å². The van der Waals surface area contributed by atoms with Gasteiger partial charge in [-0.3, -0.25) is 4.79 Å². The molecule has 0 saturated heterocycles. The minimum atomic E-state index is -2.38. The molecule has 0 spiro atoms. The molecular formula is C14H16BrNO5. The molecule has 1 rings (SSSR count). The van der Waals surface area contributed by atoms with E-state index >= 15 is 0 Å². The van der Waals surface area contributed by atoms with Gasteiger partial charge in [0.1, 0.15) is 0 Å². The lowest BCUT2D eigenvalue weighted by Gasteiger charge is -2.19. The van der Waals surface area contributed by atoms with Gasteiger partial charge in [-0.2, -0.15) is 0 Å². The Morgan fingerprint density at radius 3 is 2.05 bits per heavy atom. The van der Waals surface area contributed by atoms with Crippen LogP contribution in [0.1, 0.15) is 29.3 Å². The van der Waals surface area contributed by atoms with Crippen LogP contribution >= 0.6 is 15.9 Å². The SMILES string of the molecule is CCC(Br)C(=O)c1ccc(CC(N)(C(=O)O)C(=O)O)cc1. The number of carbonyl (C=O) groups is 3. The molecule has 7 heteroatoms. The second kappa shape index (κ2) is 6.82. The normalized spacial score (nSPS) is 12.7. The summed E-state index contributed by atoms with van der Waals surface area (Å²) in [6.07, 6.45) is 0.280. The third-order valence-corrected chi connectivity index (χ3v) is 4.19. The molecule has 0 amide bonds. The Morgan fingerprint density at radius 2 is 1.67 bits per heavy atom. The van der Waals surface area contributed by atoms with E-state index in [1.807, 2.05) is 6.92 Å². The van der Waals surface area contributed by atoms with Crippen molar-refractivity contribution in [3.63, 3.8) is 0 Å². The lowest BCUT2D eigenvalue weighted by molar-refractivity contribution is -0.156. The maximum Gasteiger partial charge on any atom is 0.335 e. The second-order valence-corrected chi connectivity index (χ2v) is 5.80. The van der Waals surface area contributed by atoms with Crippen molar-refractivity contribution >= 4 is 33.7 Å². The van der Waals surface area contributed by atoms with Crippen molar-refractivity contribution < 1.29 is 24.6 Å². The van der Waals surface area contributed by atoms with Gasteiger partial charge in [-0.15, -0.1) is 0 Å². The minimum Gasteiger partial charge on any atom is -0.479 e. The minimum absolute atomic E-state index is 0.0838. The zero-order chi connectivity index (χ0) is 16.2. The number of carboxylic acid groups (broad SMARTS) is 2. The molecule has 0 aliphatic heterocycles. The topological polar surface area (TPSA) is 118 Å². The van der Waals surface area contributed by atoms with E-state index in [-0.39, 0.29) is 17.0 Å². The van der Waals surface area contributed by atoms with Crippen LogP contribution in [0, 0.1) is 0 Å². The average Bonchev–Trinajstić information content (AvgIpc) is 2.45. The molecular weight excluding hydrogens is 342 g/mol. The van der Waals surface area contributed by atoms with Gasteiger partial charge in [0, 0.05) is 12.0 Å². The van der Waals surface area contributed by atoms with Gasteiger partial charge in [-0.1, -0.05) is 47.1 Å². The van der Waals surface area contributed by atoms with Gasteiger partial charge in [0.2, 0.25) is 5.54 Å². The first-order chi connectivity index (χ1) is 9.72. The lowest BCUT2D eigenvalue weighted by Crippen LogP contribution is -2.56. The zero-order valence-corrected chi connectivity index (χ0v) is 13.0. The molecule has 0 radical (unpaired) electrons. The molecule has 0 aromatic heterocycles. The van der Waals surface area contributed by atoms with Crippen LogP contribution in [0.5, 0.6) is 0 Å². The highest BCUT2D eigenvalue weighted by Gasteiger charge is 2.42. The van der Waals surface area contributed by atoms with E-state index in [2.05, 4.69) is 15.9 Å². The number of aliphatic carboxylic acids is 2. The van der Waals surface area contributed by atoms with E-state index in [0.717, 1.165) is 0 Å². The maximum atomic E-state index is 11.9. The summed E-state index contributed by atoms with van der Waals surface area (Å²) in [5.41, 5.74) is 3.93. The van der Waals surface area contributed by atoms with Crippen LogP contribution in [-0.2, 0) is 16.0 Å². The second-order valence-electron chi connectivity index (χ2n) is 4.70. The Balaban J connectivity index is 2.96. The van der Waals surface area contributed by atoms with Gasteiger partial charge in [-0.05, 0) is 12.0 Å². The Hall–Kier alpha value is -1.73. The number of rotatable bonds is 7. The van der Waals surface area contributed by atoms with Crippen molar-refractivity contribution in [3.05, 3.63) is 35.4 Å². The first-order valence-corrected chi connectivity index (χ1v) is 7.16. The molecule has 4 N–H and O–H groups in total. The maximum absolute atomic E-state index is 11.9. The Kier molecular flexibility index (Phi) is 5.62. The number of alkyl halides is 1. The van der Waals surface area contributed by atoms with Gasteiger partial charge in [0.15, 0.2) is 5.78 Å². The van der Waals surface area contributed by atoms with Gasteiger partial charge < -0.3 is 15.9 Å². The highest BCUT2D eigenvalue weighted by Crippen LogP contribution is 2.17. The Bertz CT molecular complexity index is 541. The van der Waals surface area contributed by atoms with Crippen molar-refractivity contribution in [2.45, 2.75) is 30.1 Å². The molecule has 0 saturated carbocycles. The van der Waals surface area contributed by atoms with Crippen LogP contribution in [0.3, 0.4) is 0 Å². The predicted molar refractivity (Wildman–Crippen MR) is 79.7 cm³/mol. The number of benzene rings is 1. The molecule has 1 unspecified atom stereocenters. The molecule has 1 aromatic carbocycles. The number of carbonyl (C=O) groups excluding carboxylic acids is 1. The Labute approximate surface area is 130 Å². The summed E-state index contributed by atoms with van der Waals surface area (Å²) in [5, 5.41) is 17.9. The fraction of sp³-hybridized carbons (Fsp3) is 0.357. The highest BCUT2D eigenvalue weighted by molar-refractivity contribution is 9.10. The number of hydrogen-bond acceptors (Lipinski definition) is 4. The van der Waals surface area contributed by atoms with E-state index in [4.69, 9.17) is 15.9 Å². The van der Waals surface area contributed by atoms with E-state index in [0.29, 0.717) is 17.5 Å². The van der Waals surface area contributed by atoms with Crippen LogP contribution in [0.4, 0.5) is 0 Å². The third-order valence-electron chi connectivity index (χ3n) is 3.13. The smallest absolute Gasteiger partial charge is 0.335 e. The summed E-state index contributed by atoms with van der Waals surface area (Å²) >= 11 is 3.26. The molecule has 0 fully saturated rings. The molecule has 114 valence electrons. The van der Waals surface area contributed by atoms with Crippen molar-refractivity contribution in [3.8, 4) is 0 Å². The van der Waals surface area contributed by atoms with Crippen LogP contribution < -0.4 is 5.73 Å². The van der Waals surface area contributed by atoms with Gasteiger partial charge in [0.05, 0.1) is 4.83 Å².